The molecule has 0 saturated carbocycles. The molecule has 0 aliphatic carbocycles. The van der Waals surface area contributed by atoms with Crippen molar-refractivity contribution in [2.75, 3.05) is 5.75 Å². The molecule has 0 spiro atoms. The molecule has 3 aromatic carbocycles. The summed E-state index contributed by atoms with van der Waals surface area (Å²) in [6.07, 6.45) is 0.520. The van der Waals surface area contributed by atoms with Crippen molar-refractivity contribution < 1.29 is 19.8 Å². The first kappa shape index (κ1) is 21.0. The Morgan fingerprint density at radius 2 is 1.48 bits per heavy atom. The molecule has 0 saturated heterocycles. The predicted molar refractivity (Wildman–Crippen MR) is 116 cm³/mol. The van der Waals surface area contributed by atoms with Crippen molar-refractivity contribution in [3.05, 3.63) is 83.4 Å². The van der Waals surface area contributed by atoms with Gasteiger partial charge in [-0.05, 0) is 53.1 Å². The third-order valence-electron chi connectivity index (χ3n) is 4.78. The molecule has 0 heterocycles. The molecule has 0 aliphatic rings. The molecule has 29 heavy (non-hydrogen) atoms. The summed E-state index contributed by atoms with van der Waals surface area (Å²) in [4.78, 5) is 24.4. The zero-order valence-electron chi connectivity index (χ0n) is 15.4. The Balaban J connectivity index is 1.90. The molecule has 4 nitrogen and oxygen atoms in total. The fourth-order valence-corrected chi connectivity index (χ4v) is 4.32. The van der Waals surface area contributed by atoms with E-state index in [0.717, 1.165) is 16.0 Å². The molecule has 2 N–H and O–H groups in total. The van der Waals surface area contributed by atoms with Crippen LogP contribution in [0.3, 0.4) is 0 Å². The van der Waals surface area contributed by atoms with E-state index in [2.05, 4.69) is 0 Å². The van der Waals surface area contributed by atoms with Crippen molar-refractivity contribution >= 4 is 35.6 Å². The lowest BCUT2D eigenvalue weighted by atomic mass is 9.79. The van der Waals surface area contributed by atoms with E-state index in [1.54, 1.807) is 48.5 Å². The van der Waals surface area contributed by atoms with E-state index in [1.807, 2.05) is 24.3 Å². The number of aldehydes is 1. The van der Waals surface area contributed by atoms with Gasteiger partial charge in [-0.2, -0.15) is 0 Å². The van der Waals surface area contributed by atoms with E-state index in [0.29, 0.717) is 16.9 Å². The highest BCUT2D eigenvalue weighted by molar-refractivity contribution is 7.99. The zero-order chi connectivity index (χ0) is 20.9. The van der Waals surface area contributed by atoms with Crippen LogP contribution in [0.15, 0.2) is 77.7 Å². The molecule has 0 aliphatic heterocycles. The second-order valence-corrected chi connectivity index (χ2v) is 8.11. The van der Waals surface area contributed by atoms with Gasteiger partial charge in [-0.1, -0.05) is 48.0 Å². The van der Waals surface area contributed by atoms with E-state index in [9.17, 15) is 19.8 Å². The van der Waals surface area contributed by atoms with Crippen LogP contribution in [-0.4, -0.2) is 28.2 Å². The van der Waals surface area contributed by atoms with E-state index in [-0.39, 0.29) is 17.9 Å². The smallest absolute Gasteiger partial charge is 0.315 e. The van der Waals surface area contributed by atoms with Gasteiger partial charge >= 0.3 is 5.97 Å². The van der Waals surface area contributed by atoms with Crippen LogP contribution in [0.5, 0.6) is 5.75 Å². The quantitative estimate of drug-likeness (QED) is 0.371. The van der Waals surface area contributed by atoms with Crippen LogP contribution >= 0.6 is 23.4 Å². The summed E-state index contributed by atoms with van der Waals surface area (Å²) in [5.41, 5.74) is 1.13. The number of rotatable bonds is 8. The third-order valence-corrected chi connectivity index (χ3v) is 6.27. The number of carbonyl (C=O) groups excluding carboxylic acids is 1. The Morgan fingerprint density at radius 1 is 0.931 bits per heavy atom. The number of halogens is 1. The Bertz CT molecular complexity index is 985. The fraction of sp³-hybridized carbons (Fsp3) is 0.130. The minimum absolute atomic E-state index is 0.131. The number of carboxylic acid groups (broad SMARTS) is 1. The lowest BCUT2D eigenvalue weighted by Gasteiger charge is -2.28. The standard InChI is InChI=1S/C23H19ClO4S/c24-19-7-3-17(4-8-19)16-1-5-18(6-2-16)23(13-14-25,22(27)28)15-29-21-11-9-20(26)10-12-21/h1-12,14,26H,13,15H2,(H,27,28). The SMILES string of the molecule is O=CCC(CSc1ccc(O)cc1)(C(=O)O)c1ccc(-c2ccc(Cl)cc2)cc1. The van der Waals surface area contributed by atoms with Crippen LogP contribution in [0, 0.1) is 0 Å². The number of carboxylic acids is 1. The van der Waals surface area contributed by atoms with E-state index in [4.69, 9.17) is 11.6 Å². The predicted octanol–water partition coefficient (Wildman–Crippen LogP) is 5.42. The van der Waals surface area contributed by atoms with Crippen LogP contribution in [-0.2, 0) is 15.0 Å². The fourth-order valence-electron chi connectivity index (χ4n) is 3.05. The number of thioether (sulfide) groups is 1. The second kappa shape index (κ2) is 9.16. The molecule has 0 radical (unpaired) electrons. The van der Waals surface area contributed by atoms with Crippen LogP contribution in [0.4, 0.5) is 0 Å². The monoisotopic (exact) mass is 426 g/mol. The molecule has 3 rings (SSSR count). The molecular weight excluding hydrogens is 408 g/mol. The number of phenolic OH excluding ortho intramolecular Hbond substituents is 1. The molecule has 148 valence electrons. The van der Waals surface area contributed by atoms with Crippen molar-refractivity contribution in [1.82, 2.24) is 0 Å². The summed E-state index contributed by atoms with van der Waals surface area (Å²) in [6, 6.07) is 21.2. The van der Waals surface area contributed by atoms with Gasteiger partial charge in [0, 0.05) is 22.1 Å². The average molecular weight is 427 g/mol. The first-order valence-electron chi connectivity index (χ1n) is 8.90. The number of hydrogen-bond donors (Lipinski definition) is 2. The molecular formula is C23H19ClO4S. The molecule has 0 bridgehead atoms. The largest absolute Gasteiger partial charge is 0.508 e. The number of benzene rings is 3. The molecule has 0 aromatic heterocycles. The molecule has 6 heteroatoms. The summed E-state index contributed by atoms with van der Waals surface area (Å²) >= 11 is 7.27. The number of hydrogen-bond acceptors (Lipinski definition) is 4. The highest BCUT2D eigenvalue weighted by Crippen LogP contribution is 2.36. The minimum Gasteiger partial charge on any atom is -0.508 e. The topological polar surface area (TPSA) is 74.6 Å². The Hall–Kier alpha value is -2.76. The first-order chi connectivity index (χ1) is 13.9. The van der Waals surface area contributed by atoms with Crippen LogP contribution in [0.2, 0.25) is 5.02 Å². The zero-order valence-corrected chi connectivity index (χ0v) is 17.0. The summed E-state index contributed by atoms with van der Waals surface area (Å²) in [6.45, 7) is 0. The molecule has 1 unspecified atom stereocenters. The van der Waals surface area contributed by atoms with Crippen LogP contribution in [0.25, 0.3) is 11.1 Å². The number of phenols is 1. The first-order valence-corrected chi connectivity index (χ1v) is 10.3. The Labute approximate surface area is 178 Å². The van der Waals surface area contributed by atoms with Gasteiger partial charge in [-0.3, -0.25) is 4.79 Å². The number of aliphatic carboxylic acids is 1. The van der Waals surface area contributed by atoms with Gasteiger partial charge < -0.3 is 15.0 Å². The number of carbonyl (C=O) groups is 2. The van der Waals surface area contributed by atoms with Gasteiger partial charge in [0.05, 0.1) is 0 Å². The van der Waals surface area contributed by atoms with Gasteiger partial charge in [-0.25, -0.2) is 0 Å². The van der Waals surface area contributed by atoms with Crippen LogP contribution in [0.1, 0.15) is 12.0 Å². The molecule has 3 aromatic rings. The van der Waals surface area contributed by atoms with E-state index < -0.39 is 11.4 Å². The van der Waals surface area contributed by atoms with Crippen molar-refractivity contribution in [2.24, 2.45) is 0 Å². The van der Waals surface area contributed by atoms with Gasteiger partial charge in [0.15, 0.2) is 0 Å². The van der Waals surface area contributed by atoms with Crippen molar-refractivity contribution in [3.63, 3.8) is 0 Å². The van der Waals surface area contributed by atoms with E-state index >= 15 is 0 Å². The van der Waals surface area contributed by atoms with Gasteiger partial charge in [0.25, 0.3) is 0 Å². The Kier molecular flexibility index (Phi) is 6.62. The summed E-state index contributed by atoms with van der Waals surface area (Å²) in [5, 5.41) is 20.1. The summed E-state index contributed by atoms with van der Waals surface area (Å²) in [5.74, 6) is -0.716. The van der Waals surface area contributed by atoms with E-state index in [1.165, 1.54) is 11.8 Å². The average Bonchev–Trinajstić information content (AvgIpc) is 2.73. The van der Waals surface area contributed by atoms with Gasteiger partial charge in [0.1, 0.15) is 17.5 Å². The molecule has 0 amide bonds. The molecule has 0 fully saturated rings. The lowest BCUT2D eigenvalue weighted by Crippen LogP contribution is -2.39. The lowest BCUT2D eigenvalue weighted by molar-refractivity contribution is -0.144. The van der Waals surface area contributed by atoms with Crippen molar-refractivity contribution in [3.8, 4) is 16.9 Å². The van der Waals surface area contributed by atoms with Gasteiger partial charge in [0.2, 0.25) is 0 Å². The number of aromatic hydroxyl groups is 1. The Morgan fingerprint density at radius 3 is 2.00 bits per heavy atom. The summed E-state index contributed by atoms with van der Waals surface area (Å²) < 4.78 is 0. The highest BCUT2D eigenvalue weighted by atomic mass is 35.5. The maximum Gasteiger partial charge on any atom is 0.315 e. The summed E-state index contributed by atoms with van der Waals surface area (Å²) in [7, 11) is 0. The van der Waals surface area contributed by atoms with Crippen LogP contribution < -0.4 is 0 Å². The second-order valence-electron chi connectivity index (χ2n) is 6.62. The molecule has 1 atom stereocenters. The maximum atomic E-state index is 12.3. The normalized spacial score (nSPS) is 12.9. The maximum absolute atomic E-state index is 12.3. The third kappa shape index (κ3) is 4.81. The van der Waals surface area contributed by atoms with Crippen molar-refractivity contribution in [2.45, 2.75) is 16.7 Å². The van der Waals surface area contributed by atoms with Gasteiger partial charge in [-0.15, -0.1) is 11.8 Å². The van der Waals surface area contributed by atoms with Crippen molar-refractivity contribution in [1.29, 1.82) is 0 Å². The minimum atomic E-state index is -1.34. The highest BCUT2D eigenvalue weighted by Gasteiger charge is 2.40.